The molecule has 0 saturated carbocycles. The quantitative estimate of drug-likeness (QED) is 0.279. The molecule has 7 nitrogen and oxygen atoms in total. The van der Waals surface area contributed by atoms with E-state index in [1.807, 2.05) is 0 Å². The van der Waals surface area contributed by atoms with Crippen LogP contribution in [-0.2, 0) is 29.0 Å². The average molecular weight is 510 g/mol. The Labute approximate surface area is 206 Å². The number of nitrogens with one attached hydrogen (secondary N) is 1. The van der Waals surface area contributed by atoms with E-state index >= 15 is 0 Å². The fourth-order valence-electron chi connectivity index (χ4n) is 3.65. The SMILES string of the molecule is COc1cc(CCC(=O)NCCO)cc2c(C(=O)OCc3cc(F)cc(F)c3)c(CCCCl)oc12. The van der Waals surface area contributed by atoms with Crippen molar-refractivity contribution in [2.75, 3.05) is 26.1 Å². The second-order valence-corrected chi connectivity index (χ2v) is 8.17. The molecule has 3 rings (SSSR count). The van der Waals surface area contributed by atoms with Gasteiger partial charge in [-0.15, -0.1) is 11.6 Å². The number of esters is 1. The van der Waals surface area contributed by atoms with E-state index in [9.17, 15) is 18.4 Å². The van der Waals surface area contributed by atoms with Crippen LogP contribution < -0.4 is 10.1 Å². The molecule has 0 aliphatic heterocycles. The van der Waals surface area contributed by atoms with Gasteiger partial charge in [-0.1, -0.05) is 0 Å². The van der Waals surface area contributed by atoms with Crippen LogP contribution in [-0.4, -0.2) is 43.1 Å². The molecule has 1 amide bonds. The van der Waals surface area contributed by atoms with E-state index in [1.54, 1.807) is 12.1 Å². The molecule has 0 atom stereocenters. The summed E-state index contributed by atoms with van der Waals surface area (Å²) in [6.07, 6.45) is 1.41. The number of carbonyl (C=O) groups excluding carboxylic acids is 2. The largest absolute Gasteiger partial charge is 0.493 e. The number of benzene rings is 2. The summed E-state index contributed by atoms with van der Waals surface area (Å²) in [6.45, 7) is -0.325. The summed E-state index contributed by atoms with van der Waals surface area (Å²) in [5.74, 6) is -1.42. The molecule has 0 fully saturated rings. The van der Waals surface area contributed by atoms with Crippen LogP contribution in [0.1, 0.15) is 40.1 Å². The molecule has 188 valence electrons. The van der Waals surface area contributed by atoms with Gasteiger partial charge in [0, 0.05) is 36.7 Å². The predicted molar refractivity (Wildman–Crippen MR) is 126 cm³/mol. The number of methoxy groups -OCH3 is 1. The van der Waals surface area contributed by atoms with Crippen LogP contribution in [0, 0.1) is 11.6 Å². The third kappa shape index (κ3) is 6.93. The summed E-state index contributed by atoms with van der Waals surface area (Å²) in [7, 11) is 1.46. The highest BCUT2D eigenvalue weighted by Gasteiger charge is 2.25. The Bertz CT molecular complexity index is 1180. The molecule has 0 unspecified atom stereocenters. The van der Waals surface area contributed by atoms with E-state index < -0.39 is 17.6 Å². The highest BCUT2D eigenvalue weighted by molar-refractivity contribution is 6.17. The first kappa shape index (κ1) is 26.4. The number of carbonyl (C=O) groups is 2. The Kier molecular flexibility index (Phi) is 9.45. The van der Waals surface area contributed by atoms with Crippen molar-refractivity contribution < 1.29 is 37.4 Å². The highest BCUT2D eigenvalue weighted by Crippen LogP contribution is 2.36. The van der Waals surface area contributed by atoms with Crippen LogP contribution in [0.15, 0.2) is 34.7 Å². The Morgan fingerprint density at radius 3 is 2.49 bits per heavy atom. The van der Waals surface area contributed by atoms with Crippen molar-refractivity contribution >= 4 is 34.4 Å². The first-order valence-corrected chi connectivity index (χ1v) is 11.6. The average Bonchev–Trinajstić information content (AvgIpc) is 3.20. The maximum absolute atomic E-state index is 13.5. The fraction of sp³-hybridized carbons (Fsp3) is 0.360. The predicted octanol–water partition coefficient (Wildman–Crippen LogP) is 4.29. The molecular formula is C25H26ClF2NO6. The zero-order valence-electron chi connectivity index (χ0n) is 19.2. The maximum atomic E-state index is 13.5. The number of aliphatic hydroxyl groups is 1. The Morgan fingerprint density at radius 1 is 1.09 bits per heavy atom. The van der Waals surface area contributed by atoms with Gasteiger partial charge in [0.05, 0.1) is 13.7 Å². The Balaban J connectivity index is 1.93. The summed E-state index contributed by atoms with van der Waals surface area (Å²) in [5.41, 5.74) is 1.40. The Morgan fingerprint density at radius 2 is 1.83 bits per heavy atom. The topological polar surface area (TPSA) is 98.0 Å². The summed E-state index contributed by atoms with van der Waals surface area (Å²) in [5, 5.41) is 11.9. The number of hydrogen-bond donors (Lipinski definition) is 2. The van der Waals surface area contributed by atoms with Crippen LogP contribution in [0.4, 0.5) is 8.78 Å². The van der Waals surface area contributed by atoms with Crippen molar-refractivity contribution in [3.05, 3.63) is 64.4 Å². The van der Waals surface area contributed by atoms with Crippen molar-refractivity contribution in [3.63, 3.8) is 0 Å². The lowest BCUT2D eigenvalue weighted by Crippen LogP contribution is -2.26. The minimum atomic E-state index is -0.773. The van der Waals surface area contributed by atoms with E-state index in [1.165, 1.54) is 7.11 Å². The van der Waals surface area contributed by atoms with E-state index in [-0.39, 0.29) is 43.2 Å². The third-order valence-electron chi connectivity index (χ3n) is 5.22. The van der Waals surface area contributed by atoms with Crippen LogP contribution >= 0.6 is 11.6 Å². The number of aliphatic hydroxyl groups excluding tert-OH is 1. The van der Waals surface area contributed by atoms with Gasteiger partial charge in [0.25, 0.3) is 0 Å². The molecular weight excluding hydrogens is 484 g/mol. The lowest BCUT2D eigenvalue weighted by Gasteiger charge is -2.08. The lowest BCUT2D eigenvalue weighted by atomic mass is 10.0. The first-order chi connectivity index (χ1) is 16.9. The van der Waals surface area contributed by atoms with Gasteiger partial charge in [-0.3, -0.25) is 4.79 Å². The number of aryl methyl sites for hydroxylation is 2. The van der Waals surface area contributed by atoms with Crippen molar-refractivity contribution in [2.45, 2.75) is 32.3 Å². The number of alkyl halides is 1. The normalized spacial score (nSPS) is 11.0. The number of rotatable bonds is 12. The van der Waals surface area contributed by atoms with E-state index in [2.05, 4.69) is 5.32 Å². The Hall–Kier alpha value is -3.17. The molecule has 2 N–H and O–H groups in total. The number of ether oxygens (including phenoxy) is 2. The molecule has 0 saturated heterocycles. The van der Waals surface area contributed by atoms with E-state index in [0.29, 0.717) is 47.6 Å². The third-order valence-corrected chi connectivity index (χ3v) is 5.48. The van der Waals surface area contributed by atoms with Crippen LogP contribution in [0.5, 0.6) is 5.75 Å². The summed E-state index contributed by atoms with van der Waals surface area (Å²) in [6, 6.07) is 6.35. The fourth-order valence-corrected chi connectivity index (χ4v) is 3.79. The molecule has 1 aromatic heterocycles. The summed E-state index contributed by atoms with van der Waals surface area (Å²) < 4.78 is 43.8. The summed E-state index contributed by atoms with van der Waals surface area (Å²) in [4.78, 5) is 25.1. The lowest BCUT2D eigenvalue weighted by molar-refractivity contribution is -0.121. The van der Waals surface area contributed by atoms with Gasteiger partial charge in [0.2, 0.25) is 5.91 Å². The van der Waals surface area contributed by atoms with E-state index in [4.69, 9.17) is 30.6 Å². The zero-order valence-corrected chi connectivity index (χ0v) is 19.9. The molecule has 0 bridgehead atoms. The number of furan rings is 1. The molecule has 10 heteroatoms. The number of fused-ring (bicyclic) bond motifs is 1. The zero-order chi connectivity index (χ0) is 25.4. The van der Waals surface area contributed by atoms with Gasteiger partial charge >= 0.3 is 5.97 Å². The molecule has 1 heterocycles. The number of halogens is 3. The molecule has 35 heavy (non-hydrogen) atoms. The molecule has 2 aromatic carbocycles. The van der Waals surface area contributed by atoms with E-state index in [0.717, 1.165) is 23.8 Å². The van der Waals surface area contributed by atoms with Gasteiger partial charge in [0.1, 0.15) is 29.6 Å². The van der Waals surface area contributed by atoms with Crippen LogP contribution in [0.2, 0.25) is 0 Å². The van der Waals surface area contributed by atoms with Gasteiger partial charge in [-0.05, 0) is 48.2 Å². The van der Waals surface area contributed by atoms with Gasteiger partial charge in [-0.2, -0.15) is 0 Å². The highest BCUT2D eigenvalue weighted by atomic mass is 35.5. The minimum Gasteiger partial charge on any atom is -0.493 e. The van der Waals surface area contributed by atoms with Crippen LogP contribution in [0.25, 0.3) is 11.0 Å². The molecule has 0 radical (unpaired) electrons. The van der Waals surface area contributed by atoms with Crippen molar-refractivity contribution in [1.29, 1.82) is 0 Å². The molecule has 0 spiro atoms. The van der Waals surface area contributed by atoms with Crippen LogP contribution in [0.3, 0.4) is 0 Å². The number of hydrogen-bond acceptors (Lipinski definition) is 6. The standard InChI is InChI=1S/C25H26ClF2NO6/c1-33-21-12-15(4-5-22(31)29-7-8-30)11-19-23(20(3-2-6-26)35-24(19)21)25(32)34-14-16-9-17(27)13-18(28)10-16/h9-13,30H,2-8,14H2,1H3,(H,29,31). The maximum Gasteiger partial charge on any atom is 0.342 e. The number of amides is 1. The molecule has 0 aliphatic rings. The van der Waals surface area contributed by atoms with Gasteiger partial charge in [-0.25, -0.2) is 13.6 Å². The monoisotopic (exact) mass is 509 g/mol. The summed E-state index contributed by atoms with van der Waals surface area (Å²) >= 11 is 5.84. The van der Waals surface area contributed by atoms with Crippen molar-refractivity contribution in [3.8, 4) is 5.75 Å². The van der Waals surface area contributed by atoms with Crippen molar-refractivity contribution in [1.82, 2.24) is 5.32 Å². The molecule has 0 aliphatic carbocycles. The molecule has 3 aromatic rings. The second kappa shape index (κ2) is 12.5. The van der Waals surface area contributed by atoms with Gasteiger partial charge in [0.15, 0.2) is 11.3 Å². The van der Waals surface area contributed by atoms with Crippen molar-refractivity contribution in [2.24, 2.45) is 0 Å². The smallest absolute Gasteiger partial charge is 0.342 e. The first-order valence-electron chi connectivity index (χ1n) is 11.0. The second-order valence-electron chi connectivity index (χ2n) is 7.79. The van der Waals surface area contributed by atoms with Gasteiger partial charge < -0.3 is 24.3 Å². The minimum absolute atomic E-state index is 0.153.